The number of rotatable bonds is 9. The quantitative estimate of drug-likeness (QED) is 0.678. The second kappa shape index (κ2) is 9.69. The highest BCUT2D eigenvalue weighted by atomic mass is 16.5. The summed E-state index contributed by atoms with van der Waals surface area (Å²) in [6, 6.07) is 11.2. The summed E-state index contributed by atoms with van der Waals surface area (Å²) in [4.78, 5) is 11.8. The number of carbonyl (C=O) groups excluding carboxylic acids is 1. The van der Waals surface area contributed by atoms with E-state index in [0.29, 0.717) is 19.8 Å². The second-order valence-electron chi connectivity index (χ2n) is 5.36. The molecule has 0 bridgehead atoms. The minimum Gasteiger partial charge on any atom is -0.467 e. The van der Waals surface area contributed by atoms with E-state index in [0.717, 1.165) is 36.3 Å². The third-order valence-corrected chi connectivity index (χ3v) is 3.34. The van der Waals surface area contributed by atoms with Gasteiger partial charge in [-0.25, -0.2) is 4.79 Å². The van der Waals surface area contributed by atoms with E-state index < -0.39 is 0 Å². The van der Waals surface area contributed by atoms with Gasteiger partial charge < -0.3 is 19.8 Å². The molecule has 2 aromatic rings. The van der Waals surface area contributed by atoms with Gasteiger partial charge in [0.15, 0.2) is 0 Å². The van der Waals surface area contributed by atoms with E-state index in [2.05, 4.69) is 17.6 Å². The Kier molecular flexibility index (Phi) is 7.20. The number of benzene rings is 1. The highest BCUT2D eigenvalue weighted by molar-refractivity contribution is 5.89. The molecule has 1 aromatic carbocycles. The van der Waals surface area contributed by atoms with Crippen molar-refractivity contribution in [2.45, 2.75) is 39.4 Å². The molecule has 5 heteroatoms. The molecule has 0 aliphatic carbocycles. The first kappa shape index (κ1) is 17.1. The molecular formula is C18H24N2O3. The molecule has 1 heterocycles. The van der Waals surface area contributed by atoms with Crippen molar-refractivity contribution in [1.29, 1.82) is 0 Å². The zero-order chi connectivity index (χ0) is 16.3. The van der Waals surface area contributed by atoms with Crippen molar-refractivity contribution in [3.63, 3.8) is 0 Å². The molecule has 0 saturated carbocycles. The summed E-state index contributed by atoms with van der Waals surface area (Å²) in [5.41, 5.74) is 1.76. The number of hydrogen-bond acceptors (Lipinski definition) is 3. The van der Waals surface area contributed by atoms with Crippen molar-refractivity contribution in [3.05, 3.63) is 54.0 Å². The molecule has 0 aliphatic heterocycles. The number of nitrogens with one attached hydrogen (secondary N) is 2. The summed E-state index contributed by atoms with van der Waals surface area (Å²) in [6.07, 6.45) is 4.90. The third kappa shape index (κ3) is 6.57. The summed E-state index contributed by atoms with van der Waals surface area (Å²) in [6.45, 7) is 3.74. The predicted molar refractivity (Wildman–Crippen MR) is 90.2 cm³/mol. The number of urea groups is 1. The molecule has 0 unspecified atom stereocenters. The molecular weight excluding hydrogens is 292 g/mol. The summed E-state index contributed by atoms with van der Waals surface area (Å²) < 4.78 is 10.8. The first-order valence-electron chi connectivity index (χ1n) is 8.02. The van der Waals surface area contributed by atoms with Gasteiger partial charge in [-0.15, -0.1) is 0 Å². The van der Waals surface area contributed by atoms with Crippen LogP contribution in [0.5, 0.6) is 0 Å². The van der Waals surface area contributed by atoms with Crippen molar-refractivity contribution >= 4 is 11.7 Å². The molecule has 0 atom stereocenters. The average Bonchev–Trinajstić information content (AvgIpc) is 3.05. The van der Waals surface area contributed by atoms with Crippen molar-refractivity contribution in [1.82, 2.24) is 5.32 Å². The first-order chi connectivity index (χ1) is 11.3. The smallest absolute Gasteiger partial charge is 0.319 e. The van der Waals surface area contributed by atoms with Crippen molar-refractivity contribution in [3.8, 4) is 0 Å². The molecule has 5 nitrogen and oxygen atoms in total. The Balaban J connectivity index is 1.74. The van der Waals surface area contributed by atoms with Crippen molar-refractivity contribution in [2.75, 3.05) is 11.9 Å². The number of anilines is 1. The number of ether oxygens (including phenoxy) is 1. The van der Waals surface area contributed by atoms with Gasteiger partial charge in [0.2, 0.25) is 0 Å². The monoisotopic (exact) mass is 316 g/mol. The summed E-state index contributed by atoms with van der Waals surface area (Å²) >= 11 is 0. The zero-order valence-electron chi connectivity index (χ0n) is 13.5. The van der Waals surface area contributed by atoms with E-state index in [9.17, 15) is 4.79 Å². The largest absolute Gasteiger partial charge is 0.467 e. The van der Waals surface area contributed by atoms with Gasteiger partial charge in [-0.3, -0.25) is 0 Å². The van der Waals surface area contributed by atoms with E-state index >= 15 is 0 Å². The summed E-state index contributed by atoms with van der Waals surface area (Å²) in [7, 11) is 0. The lowest BCUT2D eigenvalue weighted by Crippen LogP contribution is -2.29. The molecule has 0 radical (unpaired) electrons. The fraction of sp³-hybridized carbons (Fsp3) is 0.389. The highest BCUT2D eigenvalue weighted by Crippen LogP contribution is 2.12. The van der Waals surface area contributed by atoms with Gasteiger partial charge in [0.1, 0.15) is 12.4 Å². The van der Waals surface area contributed by atoms with Crippen LogP contribution in [0.1, 0.15) is 37.5 Å². The fourth-order valence-corrected chi connectivity index (χ4v) is 2.16. The van der Waals surface area contributed by atoms with Crippen LogP contribution in [-0.4, -0.2) is 12.6 Å². The average molecular weight is 316 g/mol. The second-order valence-corrected chi connectivity index (χ2v) is 5.36. The van der Waals surface area contributed by atoms with Crippen LogP contribution in [0, 0.1) is 0 Å². The van der Waals surface area contributed by atoms with E-state index in [1.54, 1.807) is 6.26 Å². The fourth-order valence-electron chi connectivity index (χ4n) is 2.16. The Morgan fingerprint density at radius 1 is 1.17 bits per heavy atom. The van der Waals surface area contributed by atoms with Gasteiger partial charge in [0.05, 0.1) is 12.9 Å². The first-order valence-corrected chi connectivity index (χ1v) is 8.02. The highest BCUT2D eigenvalue weighted by Gasteiger charge is 2.03. The lowest BCUT2D eigenvalue weighted by molar-refractivity contribution is 0.0930. The Hall–Kier alpha value is -2.27. The van der Waals surface area contributed by atoms with E-state index in [1.807, 2.05) is 36.4 Å². The molecule has 0 spiro atoms. The van der Waals surface area contributed by atoms with Gasteiger partial charge in [-0.2, -0.15) is 0 Å². The number of carbonyl (C=O) groups is 1. The molecule has 0 fully saturated rings. The maximum absolute atomic E-state index is 11.8. The topological polar surface area (TPSA) is 63.5 Å². The number of furan rings is 1. The minimum absolute atomic E-state index is 0.172. The van der Waals surface area contributed by atoms with Crippen LogP contribution >= 0.6 is 0 Å². The molecule has 0 saturated heterocycles. The molecule has 0 aliphatic rings. The van der Waals surface area contributed by atoms with Crippen LogP contribution in [0.25, 0.3) is 0 Å². The van der Waals surface area contributed by atoms with Gasteiger partial charge >= 0.3 is 6.03 Å². The molecule has 124 valence electrons. The summed E-state index contributed by atoms with van der Waals surface area (Å²) in [5, 5.41) is 5.69. The van der Waals surface area contributed by atoms with Crippen LogP contribution in [0.15, 0.2) is 47.1 Å². The molecule has 23 heavy (non-hydrogen) atoms. The van der Waals surface area contributed by atoms with Crippen molar-refractivity contribution < 1.29 is 13.9 Å². The maximum atomic E-state index is 11.8. The number of amides is 2. The summed E-state index contributed by atoms with van der Waals surface area (Å²) in [5.74, 6) is 0.797. The third-order valence-electron chi connectivity index (χ3n) is 3.34. The SMILES string of the molecule is CCCCCNC(=O)Nc1cccc(COCc2ccco2)c1. The Morgan fingerprint density at radius 3 is 2.87 bits per heavy atom. The van der Waals surface area contributed by atoms with Gasteiger partial charge in [0.25, 0.3) is 0 Å². The zero-order valence-corrected chi connectivity index (χ0v) is 13.5. The van der Waals surface area contributed by atoms with Crippen LogP contribution in [0.3, 0.4) is 0 Å². The molecule has 2 amide bonds. The predicted octanol–water partition coefficient (Wildman–Crippen LogP) is 4.31. The van der Waals surface area contributed by atoms with Crippen LogP contribution < -0.4 is 10.6 Å². The standard InChI is InChI=1S/C18H24N2O3/c1-2-3-4-10-19-18(21)20-16-8-5-7-15(12-16)13-22-14-17-9-6-11-23-17/h5-9,11-12H,2-4,10,13-14H2,1H3,(H2,19,20,21). The Bertz CT molecular complexity index is 582. The van der Waals surface area contributed by atoms with E-state index in [4.69, 9.17) is 9.15 Å². The number of hydrogen-bond donors (Lipinski definition) is 2. The minimum atomic E-state index is -0.172. The molecule has 2 N–H and O–H groups in total. The van der Waals surface area contributed by atoms with Crippen LogP contribution in [0.4, 0.5) is 10.5 Å². The van der Waals surface area contributed by atoms with Crippen LogP contribution in [-0.2, 0) is 18.0 Å². The normalized spacial score (nSPS) is 10.5. The van der Waals surface area contributed by atoms with Crippen molar-refractivity contribution in [2.24, 2.45) is 0 Å². The molecule has 1 aromatic heterocycles. The number of unbranched alkanes of at least 4 members (excludes halogenated alkanes) is 2. The Morgan fingerprint density at radius 2 is 2.09 bits per heavy atom. The van der Waals surface area contributed by atoms with Gasteiger partial charge in [-0.05, 0) is 36.2 Å². The lowest BCUT2D eigenvalue weighted by atomic mass is 10.2. The lowest BCUT2D eigenvalue weighted by Gasteiger charge is -2.09. The van der Waals surface area contributed by atoms with E-state index in [-0.39, 0.29) is 6.03 Å². The molecule has 2 rings (SSSR count). The van der Waals surface area contributed by atoms with E-state index in [1.165, 1.54) is 0 Å². The van der Waals surface area contributed by atoms with Crippen LogP contribution in [0.2, 0.25) is 0 Å². The maximum Gasteiger partial charge on any atom is 0.319 e. The van der Waals surface area contributed by atoms with Gasteiger partial charge in [0, 0.05) is 12.2 Å². The van der Waals surface area contributed by atoms with Gasteiger partial charge in [-0.1, -0.05) is 31.9 Å². The Labute approximate surface area is 137 Å².